The van der Waals surface area contributed by atoms with Crippen LogP contribution in [0.25, 0.3) is 10.6 Å². The van der Waals surface area contributed by atoms with Gasteiger partial charge in [-0.3, -0.25) is 0 Å². The van der Waals surface area contributed by atoms with Crippen molar-refractivity contribution in [3.8, 4) is 10.6 Å². The largest absolute Gasteiger partial charge is 0.477 e. The van der Waals surface area contributed by atoms with E-state index in [-0.39, 0.29) is 11.4 Å². The lowest BCUT2D eigenvalue weighted by atomic mass is 10.2. The fourth-order valence-electron chi connectivity index (χ4n) is 1.96. The van der Waals surface area contributed by atoms with Gasteiger partial charge in [-0.25, -0.2) is 14.8 Å². The fourth-order valence-corrected chi connectivity index (χ4v) is 3.00. The van der Waals surface area contributed by atoms with Crippen molar-refractivity contribution < 1.29 is 9.90 Å². The highest BCUT2D eigenvalue weighted by Crippen LogP contribution is 2.26. The van der Waals surface area contributed by atoms with Gasteiger partial charge in [-0.1, -0.05) is 23.1 Å². The molecular weight excluding hydrogens is 346 g/mol. The smallest absolute Gasteiger partial charge is 0.341 e. The van der Waals surface area contributed by atoms with E-state index in [1.54, 1.807) is 0 Å². The number of carboxylic acid groups (broad SMARTS) is 1. The van der Waals surface area contributed by atoms with Crippen LogP contribution in [0.2, 0.25) is 0 Å². The number of rotatable bonds is 5. The molecule has 2 N–H and O–H groups in total. The van der Waals surface area contributed by atoms with Gasteiger partial charge in [0, 0.05) is 17.4 Å². The number of nitrogens with zero attached hydrogens (tertiary/aromatic N) is 4. The Kier molecular flexibility index (Phi) is 4.72. The molecule has 1 aromatic carbocycles. The normalized spacial score (nSPS) is 10.6. The number of aryl methyl sites for hydroxylation is 1. The van der Waals surface area contributed by atoms with Gasteiger partial charge >= 0.3 is 5.97 Å². The number of hydrogen-bond donors (Lipinski definition) is 2. The second-order valence-corrected chi connectivity index (χ2v) is 6.71. The highest BCUT2D eigenvalue weighted by molar-refractivity contribution is 7.98. The zero-order valence-corrected chi connectivity index (χ0v) is 14.5. The molecule has 0 bridgehead atoms. The van der Waals surface area contributed by atoms with E-state index in [0.29, 0.717) is 5.16 Å². The van der Waals surface area contributed by atoms with Crippen molar-refractivity contribution in [1.29, 1.82) is 0 Å². The van der Waals surface area contributed by atoms with Gasteiger partial charge < -0.3 is 10.4 Å². The number of thioether (sulfide) groups is 1. The molecule has 2 heterocycles. The Bertz CT molecular complexity index is 880. The van der Waals surface area contributed by atoms with E-state index < -0.39 is 5.97 Å². The summed E-state index contributed by atoms with van der Waals surface area (Å²) in [6.07, 6.45) is 3.14. The van der Waals surface area contributed by atoms with E-state index in [1.165, 1.54) is 29.3 Å². The molecule has 24 heavy (non-hydrogen) atoms. The van der Waals surface area contributed by atoms with Crippen molar-refractivity contribution in [2.75, 3.05) is 11.6 Å². The minimum Gasteiger partial charge on any atom is -0.477 e. The molecule has 7 nitrogen and oxygen atoms in total. The zero-order chi connectivity index (χ0) is 17.1. The van der Waals surface area contributed by atoms with Crippen LogP contribution in [0.5, 0.6) is 0 Å². The molecule has 9 heteroatoms. The summed E-state index contributed by atoms with van der Waals surface area (Å²) in [7, 11) is 0. The minimum atomic E-state index is -1.08. The topological polar surface area (TPSA) is 101 Å². The number of carbonyl (C=O) groups is 1. The number of nitrogens with one attached hydrogen (secondary N) is 1. The van der Waals surface area contributed by atoms with Gasteiger partial charge in [-0.05, 0) is 37.4 Å². The molecule has 0 fully saturated rings. The number of hydrogen-bond acceptors (Lipinski definition) is 8. The number of benzene rings is 1. The molecule has 0 unspecified atom stereocenters. The van der Waals surface area contributed by atoms with Crippen molar-refractivity contribution in [1.82, 2.24) is 20.2 Å². The lowest BCUT2D eigenvalue weighted by Gasteiger charge is -2.09. The van der Waals surface area contributed by atoms with Gasteiger partial charge in [0.1, 0.15) is 21.4 Å². The Morgan fingerprint density at radius 1 is 1.25 bits per heavy atom. The quantitative estimate of drug-likeness (QED) is 0.527. The van der Waals surface area contributed by atoms with Crippen LogP contribution in [0.15, 0.2) is 35.6 Å². The molecule has 0 atom stereocenters. The lowest BCUT2D eigenvalue weighted by molar-refractivity contribution is 0.0697. The van der Waals surface area contributed by atoms with Gasteiger partial charge in [0.2, 0.25) is 0 Å². The SMILES string of the molecule is CSc1ncc(C(=O)O)c(Nc2ccc(-c3nnc(C)s3)cc2)n1. The predicted octanol–water partition coefficient (Wildman–Crippen LogP) is 3.47. The second-order valence-electron chi connectivity index (χ2n) is 4.75. The Balaban J connectivity index is 1.87. The molecule has 0 saturated heterocycles. The maximum atomic E-state index is 11.3. The summed E-state index contributed by atoms with van der Waals surface area (Å²) >= 11 is 2.87. The summed E-state index contributed by atoms with van der Waals surface area (Å²) in [5, 5.41) is 22.7. The molecule has 2 aromatic heterocycles. The molecule has 0 saturated carbocycles. The molecule has 0 amide bonds. The molecule has 3 aromatic rings. The summed E-state index contributed by atoms with van der Waals surface area (Å²) in [5.41, 5.74) is 1.71. The van der Waals surface area contributed by atoms with E-state index in [1.807, 2.05) is 37.4 Å². The Labute approximate surface area is 146 Å². The third kappa shape index (κ3) is 3.52. The summed E-state index contributed by atoms with van der Waals surface area (Å²) < 4.78 is 0. The average molecular weight is 359 g/mol. The van der Waals surface area contributed by atoms with Crippen LogP contribution in [0.3, 0.4) is 0 Å². The lowest BCUT2D eigenvalue weighted by Crippen LogP contribution is -2.06. The highest BCUT2D eigenvalue weighted by atomic mass is 32.2. The van der Waals surface area contributed by atoms with Crippen molar-refractivity contribution in [3.05, 3.63) is 41.0 Å². The average Bonchev–Trinajstić information content (AvgIpc) is 3.01. The molecule has 0 aliphatic carbocycles. The van der Waals surface area contributed by atoms with Crippen molar-refractivity contribution in [3.63, 3.8) is 0 Å². The summed E-state index contributed by atoms with van der Waals surface area (Å²) in [6.45, 7) is 1.91. The van der Waals surface area contributed by atoms with E-state index in [2.05, 4.69) is 25.5 Å². The third-order valence-electron chi connectivity index (χ3n) is 3.10. The highest BCUT2D eigenvalue weighted by Gasteiger charge is 2.14. The molecule has 0 spiro atoms. The van der Waals surface area contributed by atoms with Crippen LogP contribution in [-0.4, -0.2) is 37.5 Å². The minimum absolute atomic E-state index is 0.0247. The van der Waals surface area contributed by atoms with Gasteiger partial charge in [-0.2, -0.15) is 0 Å². The first-order valence-corrected chi connectivity index (χ1v) is 8.93. The maximum absolute atomic E-state index is 11.3. The van der Waals surface area contributed by atoms with Crippen LogP contribution < -0.4 is 5.32 Å². The Hall–Kier alpha value is -2.52. The molecule has 0 radical (unpaired) electrons. The van der Waals surface area contributed by atoms with E-state index >= 15 is 0 Å². The summed E-state index contributed by atoms with van der Waals surface area (Å²) in [6, 6.07) is 7.50. The standard InChI is InChI=1S/C15H13N5O2S2/c1-8-19-20-13(24-8)9-3-5-10(6-4-9)17-12-11(14(21)22)7-16-15(18-12)23-2/h3-7H,1-2H3,(H,21,22)(H,16,17,18). The zero-order valence-electron chi connectivity index (χ0n) is 12.8. The first kappa shape index (κ1) is 16.3. The Morgan fingerprint density at radius 2 is 2.00 bits per heavy atom. The number of anilines is 2. The molecule has 0 aliphatic rings. The van der Waals surface area contributed by atoms with Crippen LogP contribution in [0, 0.1) is 6.92 Å². The first-order valence-electron chi connectivity index (χ1n) is 6.88. The predicted molar refractivity (Wildman–Crippen MR) is 94.1 cm³/mol. The van der Waals surface area contributed by atoms with E-state index in [9.17, 15) is 9.90 Å². The summed E-state index contributed by atoms with van der Waals surface area (Å²) in [5.74, 6) is -0.813. The van der Waals surface area contributed by atoms with Crippen LogP contribution in [-0.2, 0) is 0 Å². The molecule has 0 aliphatic heterocycles. The van der Waals surface area contributed by atoms with Crippen molar-refractivity contribution >= 4 is 40.6 Å². The Morgan fingerprint density at radius 3 is 2.58 bits per heavy atom. The number of aromatic carboxylic acids is 1. The third-order valence-corrected chi connectivity index (χ3v) is 4.55. The van der Waals surface area contributed by atoms with Gasteiger partial charge in [0.15, 0.2) is 5.16 Å². The molecule has 122 valence electrons. The maximum Gasteiger partial charge on any atom is 0.341 e. The molecular formula is C15H13N5O2S2. The van der Waals surface area contributed by atoms with Crippen molar-refractivity contribution in [2.45, 2.75) is 12.1 Å². The first-order chi connectivity index (χ1) is 11.6. The summed E-state index contributed by atoms with van der Waals surface area (Å²) in [4.78, 5) is 19.5. The molecule has 3 rings (SSSR count). The van der Waals surface area contributed by atoms with Gasteiger partial charge in [0.25, 0.3) is 0 Å². The van der Waals surface area contributed by atoms with Crippen LogP contribution in [0.1, 0.15) is 15.4 Å². The number of aromatic nitrogens is 4. The number of carboxylic acids is 1. The monoisotopic (exact) mass is 359 g/mol. The van der Waals surface area contributed by atoms with Gasteiger partial charge in [-0.15, -0.1) is 10.2 Å². The van der Waals surface area contributed by atoms with E-state index in [4.69, 9.17) is 0 Å². The second kappa shape index (κ2) is 6.93. The fraction of sp³-hybridized carbons (Fsp3) is 0.133. The van der Waals surface area contributed by atoms with Crippen LogP contribution >= 0.6 is 23.1 Å². The van der Waals surface area contributed by atoms with Crippen molar-refractivity contribution in [2.24, 2.45) is 0 Å². The van der Waals surface area contributed by atoms with E-state index in [0.717, 1.165) is 21.3 Å². The van der Waals surface area contributed by atoms with Crippen LogP contribution in [0.4, 0.5) is 11.5 Å². The van der Waals surface area contributed by atoms with Gasteiger partial charge in [0.05, 0.1) is 0 Å².